The van der Waals surface area contributed by atoms with Crippen molar-refractivity contribution >= 4 is 70.3 Å². The summed E-state index contributed by atoms with van der Waals surface area (Å²) in [7, 11) is 12.2. The third-order valence-electron chi connectivity index (χ3n) is 8.80. The third-order valence-corrected chi connectivity index (χ3v) is 8.80. The zero-order valence-electron chi connectivity index (χ0n) is 40.0. The molecule has 9 N–H and O–H groups in total. The number of fused-ring (bicyclic) bond motifs is 2. The second-order valence-corrected chi connectivity index (χ2v) is 13.9. The zero-order valence-corrected chi connectivity index (χ0v) is 40.0. The Balaban J connectivity index is 0.000000746. The first-order valence-corrected chi connectivity index (χ1v) is 21.0. The Hall–Kier alpha value is -7.07. The van der Waals surface area contributed by atoms with Gasteiger partial charge in [0.15, 0.2) is 6.29 Å². The molecule has 0 aliphatic carbocycles. The van der Waals surface area contributed by atoms with E-state index < -0.39 is 5.91 Å². The maximum Gasteiger partial charge on any atom is 0.276 e. The number of aryl methyl sites for hydroxylation is 2. The minimum Gasteiger partial charge on any atom is -0.494 e. The Bertz CT molecular complexity index is 2410. The molecule has 0 saturated carbocycles. The Kier molecular flexibility index (Phi) is 26.7. The lowest BCUT2D eigenvalue weighted by Crippen LogP contribution is -2.25. The molecule has 0 aliphatic heterocycles. The Morgan fingerprint density at radius 3 is 2.09 bits per heavy atom. The number of nitrogens with zero attached hydrogens (tertiary/aromatic N) is 8. The number of hydrogen-bond donors (Lipinski definition) is 6. The number of carbonyl (C=O) groups excluding carboxylic acids is 5. The van der Waals surface area contributed by atoms with Crippen molar-refractivity contribution < 1.29 is 33.4 Å². The summed E-state index contributed by atoms with van der Waals surface area (Å²) >= 11 is 0. The number of unbranched alkanes of at least 4 members (excludes halogenated alkanes) is 1. The summed E-state index contributed by atoms with van der Waals surface area (Å²) in [6.07, 6.45) is 9.31. The number of rotatable bonds is 19. The lowest BCUT2D eigenvalue weighted by molar-refractivity contribution is -0.108. The number of anilines is 2. The Morgan fingerprint density at radius 1 is 0.924 bits per heavy atom. The molecule has 2 aromatic carbocycles. The molecular weight excluding hydrogens is 849 g/mol. The molecule has 0 fully saturated rings. The number of aliphatic imine (C=N–C) groups is 1. The first-order valence-electron chi connectivity index (χ1n) is 21.0. The van der Waals surface area contributed by atoms with Crippen molar-refractivity contribution in [1.29, 1.82) is 0 Å². The van der Waals surface area contributed by atoms with E-state index in [1.54, 1.807) is 66.7 Å². The minimum atomic E-state index is -0.620. The number of benzene rings is 2. The maximum atomic E-state index is 13.3. The molecule has 0 atom stereocenters. The summed E-state index contributed by atoms with van der Waals surface area (Å²) in [4.78, 5) is 69.4. The lowest BCUT2D eigenvalue weighted by Gasteiger charge is -2.11. The van der Waals surface area contributed by atoms with Crippen LogP contribution in [0.15, 0.2) is 65.3 Å². The number of imidazole rings is 2. The summed E-state index contributed by atoms with van der Waals surface area (Å²) in [6, 6.07) is 10.2. The van der Waals surface area contributed by atoms with Gasteiger partial charge in [0.2, 0.25) is 17.8 Å². The molecule has 5 aromatic rings. The van der Waals surface area contributed by atoms with E-state index in [0.717, 1.165) is 30.2 Å². The van der Waals surface area contributed by atoms with Gasteiger partial charge in [0.1, 0.15) is 29.5 Å². The summed E-state index contributed by atoms with van der Waals surface area (Å²) in [5, 5.41) is 12.2. The van der Waals surface area contributed by atoms with Gasteiger partial charge in [0.25, 0.3) is 5.91 Å². The minimum absolute atomic E-state index is 0.237. The van der Waals surface area contributed by atoms with Gasteiger partial charge < -0.3 is 45.9 Å². The number of primary amides is 1. The van der Waals surface area contributed by atoms with Gasteiger partial charge in [-0.05, 0) is 90.7 Å². The first-order chi connectivity index (χ1) is 31.7. The van der Waals surface area contributed by atoms with Gasteiger partial charge in [-0.3, -0.25) is 44.6 Å². The number of hydrogen-bond acceptors (Lipinski definition) is 16. The van der Waals surface area contributed by atoms with E-state index in [1.807, 2.05) is 69.7 Å². The molecule has 0 unspecified atom stereocenters. The molecule has 0 saturated heterocycles. The number of methoxy groups -OCH3 is 2. The predicted molar refractivity (Wildman–Crippen MR) is 261 cm³/mol. The van der Waals surface area contributed by atoms with Crippen LogP contribution in [0.2, 0.25) is 0 Å². The van der Waals surface area contributed by atoms with Crippen molar-refractivity contribution in [1.82, 2.24) is 39.3 Å². The number of amides is 2. The Morgan fingerprint density at radius 2 is 1.58 bits per heavy atom. The fourth-order valence-electron chi connectivity index (χ4n) is 5.74. The maximum absolute atomic E-state index is 13.3. The largest absolute Gasteiger partial charge is 0.494 e. The average molecular weight is 917 g/mol. The van der Waals surface area contributed by atoms with Crippen LogP contribution in [0.4, 0.5) is 11.9 Å². The van der Waals surface area contributed by atoms with Crippen molar-refractivity contribution in [2.24, 2.45) is 22.2 Å². The smallest absolute Gasteiger partial charge is 0.276 e. The summed E-state index contributed by atoms with van der Waals surface area (Å²) in [5.41, 5.74) is 23.8. The monoisotopic (exact) mass is 917 g/mol. The summed E-state index contributed by atoms with van der Waals surface area (Å²) < 4.78 is 15.7. The average Bonchev–Trinajstić information content (AvgIpc) is 3.99. The predicted octanol–water partition coefficient (Wildman–Crippen LogP) is 3.76. The van der Waals surface area contributed by atoms with Gasteiger partial charge in [-0.15, -0.1) is 0 Å². The highest BCUT2D eigenvalue weighted by atomic mass is 16.5. The zero-order chi connectivity index (χ0) is 49.8. The molecular formula is C45H68N14O7. The van der Waals surface area contributed by atoms with Crippen LogP contribution >= 0.6 is 0 Å². The van der Waals surface area contributed by atoms with Crippen LogP contribution in [0, 0.1) is 6.92 Å². The number of ether oxygens (including phenoxy) is 2. The highest BCUT2D eigenvalue weighted by Crippen LogP contribution is 2.31. The number of carbonyl (C=O) groups is 5. The van der Waals surface area contributed by atoms with Crippen LogP contribution in [0.25, 0.3) is 22.1 Å². The van der Waals surface area contributed by atoms with Crippen LogP contribution in [0.3, 0.4) is 0 Å². The van der Waals surface area contributed by atoms with Crippen molar-refractivity contribution in [2.45, 2.75) is 60.2 Å². The molecule has 0 bridgehead atoms. The van der Waals surface area contributed by atoms with Crippen molar-refractivity contribution in [3.8, 4) is 5.75 Å². The quantitative estimate of drug-likeness (QED) is 0.0226. The molecule has 66 heavy (non-hydrogen) atoms. The standard InChI is InChI=1S/C29H31N9O4.C7H12N2O.C5H10O2.C3H10N2.CH5N/c1-5-38-23(12-17(2)35-38)27(41)34-29-33-21-14-19(26(30)40)15-24(42-4)25(21)37(29)11-7-6-10-36-22-9-8-18(16-39)13-20(22)32-28(36)31-3;1-3-9-7(5-10)4-6(2)8;1-7-5-3-2-4-6;1-4-5(2)3;1-2/h6-9,12-16H,5,10-11H2,1-4H3,(H2,30,40)(H,31,32)(H,33,34,41);4-5H,3,8H2,1-2H3;4H,2-3,5H2,1H3;4H,1-3H3;2H2,1H3/b7-6+;6-4-,9-7?;;;. The second kappa shape index (κ2) is 30.9. The third kappa shape index (κ3) is 17.8. The number of aromatic nitrogens is 6. The summed E-state index contributed by atoms with van der Waals surface area (Å²) in [6.45, 7) is 9.95. The van der Waals surface area contributed by atoms with E-state index >= 15 is 0 Å². The Labute approximate surface area is 386 Å². The van der Waals surface area contributed by atoms with Crippen LogP contribution in [-0.2, 0) is 34.0 Å². The van der Waals surface area contributed by atoms with Crippen LogP contribution in [0.1, 0.15) is 70.5 Å². The molecule has 2 amide bonds. The number of aldehydes is 3. The van der Waals surface area contributed by atoms with Crippen molar-refractivity contribution in [3.63, 3.8) is 0 Å². The molecule has 21 nitrogen and oxygen atoms in total. The molecule has 0 spiro atoms. The fourth-order valence-corrected chi connectivity index (χ4v) is 5.74. The normalized spacial score (nSPS) is 11.0. The number of hydrazine groups is 1. The molecule has 21 heteroatoms. The van der Waals surface area contributed by atoms with Crippen LogP contribution in [-0.4, -0.2) is 133 Å². The van der Waals surface area contributed by atoms with Crippen molar-refractivity contribution in [2.75, 3.05) is 73.2 Å². The van der Waals surface area contributed by atoms with E-state index in [-0.39, 0.29) is 17.4 Å². The van der Waals surface area contributed by atoms with E-state index in [0.29, 0.717) is 96.4 Å². The van der Waals surface area contributed by atoms with Gasteiger partial charge in [0.05, 0.1) is 35.1 Å². The van der Waals surface area contributed by atoms with Crippen molar-refractivity contribution in [3.05, 3.63) is 82.8 Å². The van der Waals surface area contributed by atoms with Gasteiger partial charge in [-0.25, -0.2) is 9.97 Å². The summed E-state index contributed by atoms with van der Waals surface area (Å²) in [5.74, 6) is 0.325. The highest BCUT2D eigenvalue weighted by molar-refractivity contribution is 6.33. The molecule has 5 rings (SSSR count). The molecule has 360 valence electrons. The molecule has 0 radical (unpaired) electrons. The van der Waals surface area contributed by atoms with Gasteiger partial charge in [-0.1, -0.05) is 12.2 Å². The van der Waals surface area contributed by atoms with Gasteiger partial charge in [0, 0.05) is 84.3 Å². The van der Waals surface area contributed by atoms with E-state index in [4.69, 9.17) is 16.2 Å². The molecule has 0 aliphatic rings. The van der Waals surface area contributed by atoms with E-state index in [1.165, 1.54) is 14.2 Å². The topological polar surface area (TPSA) is 287 Å². The second-order valence-electron chi connectivity index (χ2n) is 13.9. The van der Waals surface area contributed by atoms with Gasteiger partial charge in [-0.2, -0.15) is 5.10 Å². The van der Waals surface area contributed by atoms with E-state index in [9.17, 15) is 24.0 Å². The van der Waals surface area contributed by atoms with E-state index in [2.05, 4.69) is 46.6 Å². The van der Waals surface area contributed by atoms with Crippen LogP contribution in [0.5, 0.6) is 5.75 Å². The molecule has 3 heterocycles. The fraction of sp³-hybridized carbons (Fsp3) is 0.400. The number of nitrogens with two attached hydrogens (primary N) is 3. The lowest BCUT2D eigenvalue weighted by atomic mass is 10.1. The molecule has 3 aromatic heterocycles. The number of nitrogens with one attached hydrogen (secondary N) is 3. The highest BCUT2D eigenvalue weighted by Gasteiger charge is 2.21. The SMILES string of the molecule is CCN=C(C=O)/C=C(/C)N.CCn1nc(C)cc1C(=O)Nc1nc2cc(C(N)=O)cc(OC)c2n1C/C=C/Cn1c(NC)nc2cc(C=O)ccc21.CN.CNN(C)C.COCCCC=O. The number of allylic oxidation sites excluding steroid dienone is 4. The van der Waals surface area contributed by atoms with Gasteiger partial charge >= 0.3 is 0 Å². The first kappa shape index (κ1) is 56.9. The van der Waals surface area contributed by atoms with Crippen LogP contribution < -0.4 is 38.0 Å².